The second kappa shape index (κ2) is 11.2. The molecule has 3 aromatic rings. The lowest BCUT2D eigenvalue weighted by Crippen LogP contribution is -2.06. The van der Waals surface area contributed by atoms with Crippen molar-refractivity contribution < 1.29 is 18.3 Å². The quantitative estimate of drug-likeness (QED) is 0.308. The highest BCUT2D eigenvalue weighted by Crippen LogP contribution is 2.24. The van der Waals surface area contributed by atoms with E-state index in [-0.39, 0.29) is 24.1 Å². The molecule has 0 unspecified atom stereocenters. The van der Waals surface area contributed by atoms with Crippen LogP contribution in [0.5, 0.6) is 5.75 Å². The van der Waals surface area contributed by atoms with Crippen LogP contribution < -0.4 is 15.4 Å². The fourth-order valence-corrected chi connectivity index (χ4v) is 2.76. The first-order chi connectivity index (χ1) is 15.4. The van der Waals surface area contributed by atoms with E-state index >= 15 is 0 Å². The van der Waals surface area contributed by atoms with Gasteiger partial charge in [-0.2, -0.15) is 4.98 Å². The Kier molecular flexibility index (Phi) is 8.10. The zero-order valence-corrected chi connectivity index (χ0v) is 18.3. The predicted molar refractivity (Wildman–Crippen MR) is 122 cm³/mol. The number of benzene rings is 2. The van der Waals surface area contributed by atoms with Crippen molar-refractivity contribution in [2.75, 3.05) is 31.0 Å². The van der Waals surface area contributed by atoms with Crippen molar-refractivity contribution in [1.82, 2.24) is 9.97 Å². The molecule has 0 bridgehead atoms. The summed E-state index contributed by atoms with van der Waals surface area (Å²) < 4.78 is 38.6. The molecular formula is C24H26F2N4O2. The summed E-state index contributed by atoms with van der Waals surface area (Å²) in [5, 5.41) is 5.83. The van der Waals surface area contributed by atoms with Crippen molar-refractivity contribution in [2.45, 2.75) is 20.3 Å². The van der Waals surface area contributed by atoms with Crippen molar-refractivity contribution in [2.24, 2.45) is 0 Å². The average molecular weight is 440 g/mol. The lowest BCUT2D eigenvalue weighted by Gasteiger charge is -2.11. The molecule has 0 saturated carbocycles. The van der Waals surface area contributed by atoms with E-state index in [2.05, 4.69) is 40.5 Å². The zero-order chi connectivity index (χ0) is 22.9. The lowest BCUT2D eigenvalue weighted by atomic mass is 10.1. The molecule has 32 heavy (non-hydrogen) atoms. The van der Waals surface area contributed by atoms with Crippen LogP contribution in [0.4, 0.5) is 31.9 Å². The average Bonchev–Trinajstić information content (AvgIpc) is 2.77. The molecule has 0 fully saturated rings. The number of allylic oxidation sites excluding steroid dienone is 2. The van der Waals surface area contributed by atoms with Crippen molar-refractivity contribution in [3.8, 4) is 5.75 Å². The number of rotatable bonds is 10. The summed E-state index contributed by atoms with van der Waals surface area (Å²) >= 11 is 0. The van der Waals surface area contributed by atoms with Crippen LogP contribution in [0, 0.1) is 11.6 Å². The maximum absolute atomic E-state index is 14.2. The maximum atomic E-state index is 14.2. The van der Waals surface area contributed by atoms with E-state index in [9.17, 15) is 8.78 Å². The minimum absolute atomic E-state index is 0.0135. The second-order valence-electron chi connectivity index (χ2n) is 7.31. The van der Waals surface area contributed by atoms with E-state index in [4.69, 9.17) is 9.47 Å². The lowest BCUT2D eigenvalue weighted by molar-refractivity contribution is 0.144. The van der Waals surface area contributed by atoms with E-state index in [0.29, 0.717) is 18.0 Å². The smallest absolute Gasteiger partial charge is 0.229 e. The van der Waals surface area contributed by atoms with Crippen LogP contribution in [0.1, 0.15) is 19.4 Å². The molecule has 1 heterocycles. The minimum atomic E-state index is -0.600. The molecular weight excluding hydrogens is 414 g/mol. The van der Waals surface area contributed by atoms with Crippen LogP contribution >= 0.6 is 0 Å². The fraction of sp³-hybridized carbons (Fsp3) is 0.250. The molecule has 6 nitrogen and oxygen atoms in total. The molecule has 168 valence electrons. The van der Waals surface area contributed by atoms with Gasteiger partial charge in [-0.3, -0.25) is 0 Å². The summed E-state index contributed by atoms with van der Waals surface area (Å²) in [6.45, 7) is 4.71. The fourth-order valence-electron chi connectivity index (χ4n) is 2.76. The molecule has 0 saturated heterocycles. The molecule has 2 aromatic carbocycles. The summed E-state index contributed by atoms with van der Waals surface area (Å²) in [5.41, 5.74) is 3.50. The Morgan fingerprint density at radius 3 is 2.41 bits per heavy atom. The molecule has 0 aliphatic carbocycles. The second-order valence-corrected chi connectivity index (χ2v) is 7.31. The summed E-state index contributed by atoms with van der Waals surface area (Å²) in [5.74, 6) is -0.888. The van der Waals surface area contributed by atoms with Crippen LogP contribution in [-0.4, -0.2) is 30.3 Å². The molecule has 0 amide bonds. The Labute approximate surface area is 186 Å². The Bertz CT molecular complexity index is 1070. The van der Waals surface area contributed by atoms with Gasteiger partial charge in [0.1, 0.15) is 6.61 Å². The Morgan fingerprint density at radius 1 is 0.969 bits per heavy atom. The van der Waals surface area contributed by atoms with Crippen molar-refractivity contribution in [3.05, 3.63) is 77.5 Å². The summed E-state index contributed by atoms with van der Waals surface area (Å²) in [6, 6.07) is 12.0. The van der Waals surface area contributed by atoms with Gasteiger partial charge in [-0.05, 0) is 50.1 Å². The minimum Gasteiger partial charge on any atom is -0.488 e. The largest absolute Gasteiger partial charge is 0.488 e. The highest BCUT2D eigenvalue weighted by Gasteiger charge is 2.10. The number of hydrogen-bond acceptors (Lipinski definition) is 6. The van der Waals surface area contributed by atoms with Gasteiger partial charge in [0.15, 0.2) is 23.2 Å². The normalized spacial score (nSPS) is 10.5. The van der Waals surface area contributed by atoms with Crippen LogP contribution in [0.2, 0.25) is 0 Å². The van der Waals surface area contributed by atoms with E-state index in [1.54, 1.807) is 13.2 Å². The summed E-state index contributed by atoms with van der Waals surface area (Å²) in [6.07, 6.45) is 4.04. The number of nitrogens with zero attached hydrogens (tertiary/aromatic N) is 2. The topological polar surface area (TPSA) is 68.3 Å². The molecule has 1 aromatic heterocycles. The third-order valence-electron chi connectivity index (χ3n) is 4.44. The maximum Gasteiger partial charge on any atom is 0.229 e. The van der Waals surface area contributed by atoms with Gasteiger partial charge in [0.25, 0.3) is 0 Å². The molecule has 0 radical (unpaired) electrons. The Hall–Kier alpha value is -3.52. The van der Waals surface area contributed by atoms with Crippen LogP contribution in [0.15, 0.2) is 60.3 Å². The van der Waals surface area contributed by atoms with E-state index in [1.165, 1.54) is 17.7 Å². The number of methoxy groups -OCH3 is 1. The summed E-state index contributed by atoms with van der Waals surface area (Å²) in [7, 11) is 1.54. The van der Waals surface area contributed by atoms with Gasteiger partial charge in [-0.1, -0.05) is 23.8 Å². The van der Waals surface area contributed by atoms with Crippen molar-refractivity contribution in [1.29, 1.82) is 0 Å². The monoisotopic (exact) mass is 440 g/mol. The van der Waals surface area contributed by atoms with Gasteiger partial charge >= 0.3 is 0 Å². The molecule has 0 aliphatic heterocycles. The molecule has 0 aliphatic rings. The number of hydrogen-bond donors (Lipinski definition) is 2. The third kappa shape index (κ3) is 6.75. The van der Waals surface area contributed by atoms with Gasteiger partial charge in [0.2, 0.25) is 5.95 Å². The SMILES string of the molecule is COCCOc1ccc(Nc2ncc(F)c(Nc3ccc(CC=C(C)C)cc3)n2)cc1F. The van der Waals surface area contributed by atoms with E-state index in [1.807, 2.05) is 24.3 Å². The highest BCUT2D eigenvalue weighted by atomic mass is 19.1. The predicted octanol–water partition coefficient (Wildman–Crippen LogP) is 5.78. The van der Waals surface area contributed by atoms with Gasteiger partial charge in [-0.25, -0.2) is 13.8 Å². The number of halogens is 2. The third-order valence-corrected chi connectivity index (χ3v) is 4.44. The van der Waals surface area contributed by atoms with Crippen molar-refractivity contribution >= 4 is 23.1 Å². The molecule has 8 heteroatoms. The number of ether oxygens (including phenoxy) is 2. The highest BCUT2D eigenvalue weighted by molar-refractivity contribution is 5.60. The van der Waals surface area contributed by atoms with E-state index < -0.39 is 11.6 Å². The first-order valence-corrected chi connectivity index (χ1v) is 10.1. The van der Waals surface area contributed by atoms with Gasteiger partial charge < -0.3 is 20.1 Å². The molecule has 3 rings (SSSR count). The number of aromatic nitrogens is 2. The van der Waals surface area contributed by atoms with Crippen LogP contribution in [-0.2, 0) is 11.2 Å². The van der Waals surface area contributed by atoms with Crippen LogP contribution in [0.3, 0.4) is 0 Å². The zero-order valence-electron chi connectivity index (χ0n) is 18.3. The standard InChI is InChI=1S/C24H26F2N4O2/c1-16(2)4-5-17-6-8-18(9-7-17)28-23-21(26)15-27-24(30-23)29-19-10-11-22(20(25)14-19)32-13-12-31-3/h4,6-11,14-15H,5,12-13H2,1-3H3,(H2,27,28,29,30). The molecule has 2 N–H and O–H groups in total. The molecule has 0 spiro atoms. The first-order valence-electron chi connectivity index (χ1n) is 10.1. The van der Waals surface area contributed by atoms with Gasteiger partial charge in [0, 0.05) is 24.6 Å². The summed E-state index contributed by atoms with van der Waals surface area (Å²) in [4.78, 5) is 8.10. The Balaban J connectivity index is 1.68. The van der Waals surface area contributed by atoms with Gasteiger partial charge in [-0.15, -0.1) is 0 Å². The number of anilines is 4. The van der Waals surface area contributed by atoms with Gasteiger partial charge in [0.05, 0.1) is 12.8 Å². The van der Waals surface area contributed by atoms with Crippen LogP contribution in [0.25, 0.3) is 0 Å². The number of nitrogens with one attached hydrogen (secondary N) is 2. The van der Waals surface area contributed by atoms with E-state index in [0.717, 1.165) is 18.2 Å². The van der Waals surface area contributed by atoms with Crippen molar-refractivity contribution in [3.63, 3.8) is 0 Å². The first kappa shape index (κ1) is 23.1. The Morgan fingerprint density at radius 2 is 1.72 bits per heavy atom. The molecule has 0 atom stereocenters.